The summed E-state index contributed by atoms with van der Waals surface area (Å²) >= 11 is 0. The molecule has 0 N–H and O–H groups in total. The molecule has 0 atom stereocenters. The molecule has 0 spiro atoms. The summed E-state index contributed by atoms with van der Waals surface area (Å²) in [6.07, 6.45) is 9.33. The molecule has 0 fully saturated rings. The van der Waals surface area contributed by atoms with Crippen LogP contribution in [0.4, 0.5) is 0 Å². The first-order valence-corrected chi connectivity index (χ1v) is 10.2. The van der Waals surface area contributed by atoms with E-state index in [0.717, 1.165) is 12.8 Å². The summed E-state index contributed by atoms with van der Waals surface area (Å²) in [4.78, 5) is 23.0. The molecule has 0 amide bonds. The van der Waals surface area contributed by atoms with Gasteiger partial charge in [-0.2, -0.15) is 0 Å². The molecule has 0 aliphatic rings. The first-order valence-electron chi connectivity index (χ1n) is 10.2. The van der Waals surface area contributed by atoms with Crippen molar-refractivity contribution in [1.29, 1.82) is 0 Å². The Labute approximate surface area is 158 Å². The molecule has 0 bridgehead atoms. The summed E-state index contributed by atoms with van der Waals surface area (Å²) in [7, 11) is 0. The van der Waals surface area contributed by atoms with Crippen LogP contribution in [-0.2, 0) is 28.5 Å². The van der Waals surface area contributed by atoms with Crippen LogP contribution in [0.5, 0.6) is 0 Å². The van der Waals surface area contributed by atoms with Crippen molar-refractivity contribution in [2.75, 3.05) is 39.6 Å². The number of hydrogen-bond donors (Lipinski definition) is 0. The fraction of sp³-hybridized carbons (Fsp3) is 0.900. The third-order valence-electron chi connectivity index (χ3n) is 3.80. The van der Waals surface area contributed by atoms with Gasteiger partial charge in [0.25, 0.3) is 0 Å². The summed E-state index contributed by atoms with van der Waals surface area (Å²) in [6, 6.07) is 0. The van der Waals surface area contributed by atoms with Crippen LogP contribution in [0.15, 0.2) is 0 Å². The van der Waals surface area contributed by atoms with Crippen molar-refractivity contribution < 1.29 is 28.5 Å². The lowest BCUT2D eigenvalue weighted by Crippen LogP contribution is -2.15. The molecule has 0 rings (SSSR count). The molecule has 0 saturated heterocycles. The highest BCUT2D eigenvalue weighted by molar-refractivity contribution is 5.77. The van der Waals surface area contributed by atoms with Crippen molar-refractivity contribution in [2.24, 2.45) is 0 Å². The predicted molar refractivity (Wildman–Crippen MR) is 101 cm³/mol. The molecule has 0 aliphatic carbocycles. The van der Waals surface area contributed by atoms with Gasteiger partial charge in [-0.3, -0.25) is 9.59 Å². The number of unbranched alkanes of at least 4 members (excludes halogenated alkanes) is 6. The van der Waals surface area contributed by atoms with Crippen molar-refractivity contribution in [3.8, 4) is 0 Å². The summed E-state index contributed by atoms with van der Waals surface area (Å²) < 4.78 is 20.8. The number of carbonyl (C=O) groups is 2. The van der Waals surface area contributed by atoms with Gasteiger partial charge in [-0.05, 0) is 12.8 Å². The number of carbonyl (C=O) groups excluding carboxylic acids is 2. The van der Waals surface area contributed by atoms with Crippen molar-refractivity contribution in [3.05, 3.63) is 0 Å². The van der Waals surface area contributed by atoms with E-state index >= 15 is 0 Å². The molecular weight excluding hydrogens is 336 g/mol. The summed E-state index contributed by atoms with van der Waals surface area (Å²) in [5, 5.41) is 0. The quantitative estimate of drug-likeness (QED) is 0.251. The molecule has 0 unspecified atom stereocenters. The van der Waals surface area contributed by atoms with Crippen LogP contribution in [0.3, 0.4) is 0 Å². The standard InChI is InChI=1S/C20H38O6/c1-3-5-7-9-13-23-15-17-25-19(21)11-12-20(22)26-18-16-24-14-10-8-6-4-2/h3-18H2,1-2H3. The van der Waals surface area contributed by atoms with Crippen LogP contribution in [0, 0.1) is 0 Å². The van der Waals surface area contributed by atoms with Crippen molar-refractivity contribution in [1.82, 2.24) is 0 Å². The summed E-state index contributed by atoms with van der Waals surface area (Å²) in [5.41, 5.74) is 0. The lowest BCUT2D eigenvalue weighted by atomic mass is 10.2. The Morgan fingerprint density at radius 1 is 0.538 bits per heavy atom. The van der Waals surface area contributed by atoms with Gasteiger partial charge in [0.15, 0.2) is 0 Å². The molecule has 0 aromatic carbocycles. The minimum Gasteiger partial charge on any atom is -0.463 e. The van der Waals surface area contributed by atoms with Crippen LogP contribution in [0.25, 0.3) is 0 Å². The first-order chi connectivity index (χ1) is 12.7. The van der Waals surface area contributed by atoms with Gasteiger partial charge in [0.1, 0.15) is 13.2 Å². The van der Waals surface area contributed by atoms with Crippen LogP contribution >= 0.6 is 0 Å². The average molecular weight is 375 g/mol. The third kappa shape index (κ3) is 19.2. The Morgan fingerprint density at radius 2 is 0.962 bits per heavy atom. The Bertz CT molecular complexity index is 300. The minimum atomic E-state index is -0.399. The normalized spacial score (nSPS) is 10.7. The van der Waals surface area contributed by atoms with Crippen LogP contribution in [0.1, 0.15) is 78.1 Å². The van der Waals surface area contributed by atoms with Gasteiger partial charge in [0.2, 0.25) is 0 Å². The maximum atomic E-state index is 11.5. The predicted octanol–water partition coefficient (Wildman–Crippen LogP) is 4.05. The lowest BCUT2D eigenvalue weighted by molar-refractivity contribution is -0.151. The van der Waals surface area contributed by atoms with E-state index in [1.165, 1.54) is 38.5 Å². The lowest BCUT2D eigenvalue weighted by Gasteiger charge is -2.07. The molecule has 0 saturated carbocycles. The molecular formula is C20H38O6. The molecule has 0 aromatic heterocycles. The molecule has 26 heavy (non-hydrogen) atoms. The molecule has 0 aliphatic heterocycles. The van der Waals surface area contributed by atoms with E-state index in [9.17, 15) is 9.59 Å². The van der Waals surface area contributed by atoms with E-state index in [1.807, 2.05) is 0 Å². The second-order valence-electron chi connectivity index (χ2n) is 6.29. The van der Waals surface area contributed by atoms with Crippen molar-refractivity contribution >= 4 is 11.9 Å². The summed E-state index contributed by atoms with van der Waals surface area (Å²) in [6.45, 7) is 6.99. The topological polar surface area (TPSA) is 71.1 Å². The second kappa shape index (κ2) is 20.2. The average Bonchev–Trinajstić information content (AvgIpc) is 2.64. The highest BCUT2D eigenvalue weighted by atomic mass is 16.6. The SMILES string of the molecule is CCCCCCOCCOC(=O)CCC(=O)OCCOCCCCCC. The van der Waals surface area contributed by atoms with Gasteiger partial charge < -0.3 is 18.9 Å². The van der Waals surface area contributed by atoms with Crippen LogP contribution in [-0.4, -0.2) is 51.6 Å². The van der Waals surface area contributed by atoms with E-state index in [2.05, 4.69) is 13.8 Å². The van der Waals surface area contributed by atoms with Gasteiger partial charge in [0, 0.05) is 13.2 Å². The second-order valence-corrected chi connectivity index (χ2v) is 6.29. The Balaban J connectivity index is 3.33. The van der Waals surface area contributed by atoms with Gasteiger partial charge in [-0.1, -0.05) is 52.4 Å². The first kappa shape index (κ1) is 24.9. The summed E-state index contributed by atoms with van der Waals surface area (Å²) in [5.74, 6) is -0.799. The number of rotatable bonds is 19. The van der Waals surface area contributed by atoms with Gasteiger partial charge in [-0.15, -0.1) is 0 Å². The zero-order chi connectivity index (χ0) is 19.3. The molecule has 154 valence electrons. The van der Waals surface area contributed by atoms with Gasteiger partial charge in [-0.25, -0.2) is 0 Å². The molecule has 0 aromatic rings. The number of hydrogen-bond acceptors (Lipinski definition) is 6. The fourth-order valence-corrected chi connectivity index (χ4v) is 2.24. The monoisotopic (exact) mass is 374 g/mol. The Hall–Kier alpha value is -1.14. The molecule has 6 nitrogen and oxygen atoms in total. The highest BCUT2D eigenvalue weighted by Crippen LogP contribution is 2.00. The largest absolute Gasteiger partial charge is 0.463 e. The maximum Gasteiger partial charge on any atom is 0.306 e. The maximum absolute atomic E-state index is 11.5. The van der Waals surface area contributed by atoms with E-state index in [-0.39, 0.29) is 26.1 Å². The zero-order valence-corrected chi connectivity index (χ0v) is 16.8. The zero-order valence-electron chi connectivity index (χ0n) is 16.8. The Morgan fingerprint density at radius 3 is 1.35 bits per heavy atom. The number of ether oxygens (including phenoxy) is 4. The van der Waals surface area contributed by atoms with Crippen molar-refractivity contribution in [3.63, 3.8) is 0 Å². The minimum absolute atomic E-state index is 0.0349. The van der Waals surface area contributed by atoms with Crippen LogP contribution < -0.4 is 0 Å². The van der Waals surface area contributed by atoms with E-state index < -0.39 is 11.9 Å². The molecule has 0 radical (unpaired) electrons. The Kier molecular flexibility index (Phi) is 19.3. The van der Waals surface area contributed by atoms with Crippen LogP contribution in [0.2, 0.25) is 0 Å². The van der Waals surface area contributed by atoms with E-state index in [0.29, 0.717) is 26.4 Å². The smallest absolute Gasteiger partial charge is 0.306 e. The highest BCUT2D eigenvalue weighted by Gasteiger charge is 2.09. The van der Waals surface area contributed by atoms with E-state index in [1.54, 1.807) is 0 Å². The van der Waals surface area contributed by atoms with Gasteiger partial charge in [0.05, 0.1) is 26.1 Å². The molecule has 0 heterocycles. The van der Waals surface area contributed by atoms with Gasteiger partial charge >= 0.3 is 11.9 Å². The number of esters is 2. The van der Waals surface area contributed by atoms with Crippen molar-refractivity contribution in [2.45, 2.75) is 78.1 Å². The fourth-order valence-electron chi connectivity index (χ4n) is 2.24. The third-order valence-corrected chi connectivity index (χ3v) is 3.80. The van der Waals surface area contributed by atoms with E-state index in [4.69, 9.17) is 18.9 Å². The molecule has 6 heteroatoms.